The number of aryl methyl sites for hydroxylation is 1. The van der Waals surface area contributed by atoms with Crippen LogP contribution in [0.1, 0.15) is 30.5 Å². The zero-order chi connectivity index (χ0) is 12.8. The van der Waals surface area contributed by atoms with Gasteiger partial charge in [-0.15, -0.1) is 22.9 Å². The Labute approximate surface area is 118 Å². The first-order valence-corrected chi connectivity index (χ1v) is 8.02. The molecule has 1 unspecified atom stereocenters. The molecule has 0 radical (unpaired) electrons. The first-order chi connectivity index (χ1) is 8.78. The summed E-state index contributed by atoms with van der Waals surface area (Å²) in [6.45, 7) is 6.37. The van der Waals surface area contributed by atoms with Gasteiger partial charge in [0.05, 0.1) is 29.3 Å². The molecule has 2 rings (SSSR count). The number of nitrogens with zero attached hydrogens (tertiary/aromatic N) is 2. The molecule has 0 bridgehead atoms. The Morgan fingerprint density at radius 1 is 1.56 bits per heavy atom. The van der Waals surface area contributed by atoms with Gasteiger partial charge in [-0.1, -0.05) is 0 Å². The van der Waals surface area contributed by atoms with E-state index in [1.54, 1.807) is 11.3 Å². The van der Waals surface area contributed by atoms with E-state index in [2.05, 4.69) is 22.2 Å². The number of morpholine rings is 1. The molecular weight excluding hydrogens is 268 g/mol. The van der Waals surface area contributed by atoms with Gasteiger partial charge in [-0.2, -0.15) is 0 Å². The Bertz CT molecular complexity index is 359. The minimum absolute atomic E-state index is 0.393. The van der Waals surface area contributed by atoms with Crippen molar-refractivity contribution in [3.8, 4) is 0 Å². The molecule has 1 aliphatic heterocycles. The van der Waals surface area contributed by atoms with Crippen LogP contribution in [0.5, 0.6) is 0 Å². The lowest BCUT2D eigenvalue weighted by Crippen LogP contribution is -2.41. The highest BCUT2D eigenvalue weighted by Gasteiger charge is 2.15. The fraction of sp³-hybridized carbons (Fsp3) is 0.769. The second-order valence-electron chi connectivity index (χ2n) is 4.81. The second kappa shape index (κ2) is 7.43. The SMILES string of the molecule is CC1CN(CCCCc2nc(CCl)cs2)CCO1. The van der Waals surface area contributed by atoms with E-state index in [-0.39, 0.29) is 0 Å². The van der Waals surface area contributed by atoms with E-state index < -0.39 is 0 Å². The molecule has 0 amide bonds. The molecular formula is C13H21ClN2OS. The number of thiazole rings is 1. The van der Waals surface area contributed by atoms with Gasteiger partial charge in [0.1, 0.15) is 0 Å². The van der Waals surface area contributed by atoms with Gasteiger partial charge in [0, 0.05) is 18.5 Å². The number of alkyl halides is 1. The van der Waals surface area contributed by atoms with E-state index in [0.717, 1.165) is 31.8 Å². The zero-order valence-corrected chi connectivity index (χ0v) is 12.5. The topological polar surface area (TPSA) is 25.4 Å². The van der Waals surface area contributed by atoms with Crippen molar-refractivity contribution in [2.45, 2.75) is 38.2 Å². The number of rotatable bonds is 6. The molecule has 0 N–H and O–H groups in total. The lowest BCUT2D eigenvalue weighted by atomic mass is 10.2. The third-order valence-corrected chi connectivity index (χ3v) is 4.41. The van der Waals surface area contributed by atoms with Crippen molar-refractivity contribution in [3.63, 3.8) is 0 Å². The van der Waals surface area contributed by atoms with Crippen LogP contribution in [-0.2, 0) is 17.0 Å². The van der Waals surface area contributed by atoms with E-state index in [1.807, 2.05) is 0 Å². The van der Waals surface area contributed by atoms with Crippen LogP contribution in [0.15, 0.2) is 5.38 Å². The highest BCUT2D eigenvalue weighted by molar-refractivity contribution is 7.09. The first-order valence-electron chi connectivity index (χ1n) is 6.61. The first kappa shape index (κ1) is 14.3. The van der Waals surface area contributed by atoms with Crippen molar-refractivity contribution in [2.24, 2.45) is 0 Å². The van der Waals surface area contributed by atoms with E-state index in [1.165, 1.54) is 24.4 Å². The van der Waals surface area contributed by atoms with Crippen LogP contribution >= 0.6 is 22.9 Å². The summed E-state index contributed by atoms with van der Waals surface area (Å²) in [5.41, 5.74) is 1.01. The van der Waals surface area contributed by atoms with Gasteiger partial charge < -0.3 is 4.74 Å². The minimum atomic E-state index is 0.393. The molecule has 0 aliphatic carbocycles. The minimum Gasteiger partial charge on any atom is -0.376 e. The maximum absolute atomic E-state index is 5.74. The smallest absolute Gasteiger partial charge is 0.0928 e. The Balaban J connectivity index is 1.60. The standard InChI is InChI=1S/C13H21ClN2OS/c1-11-9-16(6-7-17-11)5-3-2-4-13-15-12(8-14)10-18-13/h10-11H,2-9H2,1H3. The zero-order valence-electron chi connectivity index (χ0n) is 10.9. The van der Waals surface area contributed by atoms with Gasteiger partial charge in [-0.3, -0.25) is 4.90 Å². The van der Waals surface area contributed by atoms with Gasteiger partial charge in [0.25, 0.3) is 0 Å². The van der Waals surface area contributed by atoms with Crippen molar-refractivity contribution in [1.29, 1.82) is 0 Å². The number of ether oxygens (including phenoxy) is 1. The van der Waals surface area contributed by atoms with Crippen LogP contribution in [0, 0.1) is 0 Å². The van der Waals surface area contributed by atoms with Crippen LogP contribution in [-0.4, -0.2) is 42.2 Å². The van der Waals surface area contributed by atoms with E-state index in [9.17, 15) is 0 Å². The summed E-state index contributed by atoms with van der Waals surface area (Å²) in [7, 11) is 0. The van der Waals surface area contributed by atoms with Gasteiger partial charge in [0.2, 0.25) is 0 Å². The lowest BCUT2D eigenvalue weighted by molar-refractivity contribution is -0.0185. The summed E-state index contributed by atoms with van der Waals surface area (Å²) in [5, 5.41) is 3.28. The predicted octanol–water partition coefficient (Wildman–Crippen LogP) is 2.93. The fourth-order valence-electron chi connectivity index (χ4n) is 2.23. The Morgan fingerprint density at radius 3 is 3.17 bits per heavy atom. The molecule has 1 saturated heterocycles. The molecule has 0 spiro atoms. The fourth-order valence-corrected chi connectivity index (χ4v) is 3.30. The van der Waals surface area contributed by atoms with Crippen LogP contribution in [0.4, 0.5) is 0 Å². The average Bonchev–Trinajstić information content (AvgIpc) is 2.83. The summed E-state index contributed by atoms with van der Waals surface area (Å²) in [4.78, 5) is 6.98. The van der Waals surface area contributed by atoms with E-state index in [0.29, 0.717) is 12.0 Å². The number of hydrogen-bond acceptors (Lipinski definition) is 4. The molecule has 0 saturated carbocycles. The number of aromatic nitrogens is 1. The van der Waals surface area contributed by atoms with Gasteiger partial charge in [-0.05, 0) is 32.7 Å². The summed E-state index contributed by atoms with van der Waals surface area (Å²) in [5.74, 6) is 0.530. The molecule has 102 valence electrons. The molecule has 3 nitrogen and oxygen atoms in total. The molecule has 18 heavy (non-hydrogen) atoms. The molecule has 1 aromatic heterocycles. The van der Waals surface area contributed by atoms with Crippen LogP contribution in [0.25, 0.3) is 0 Å². The number of halogens is 1. The maximum Gasteiger partial charge on any atom is 0.0928 e. The molecule has 1 aliphatic rings. The van der Waals surface area contributed by atoms with Crippen molar-refractivity contribution in [3.05, 3.63) is 16.1 Å². The quantitative estimate of drug-likeness (QED) is 0.594. The van der Waals surface area contributed by atoms with Gasteiger partial charge in [-0.25, -0.2) is 4.98 Å². The average molecular weight is 289 g/mol. The second-order valence-corrected chi connectivity index (χ2v) is 6.02. The van der Waals surface area contributed by atoms with Crippen LogP contribution in [0.2, 0.25) is 0 Å². The van der Waals surface area contributed by atoms with Gasteiger partial charge >= 0.3 is 0 Å². The van der Waals surface area contributed by atoms with E-state index in [4.69, 9.17) is 16.3 Å². The maximum atomic E-state index is 5.74. The third kappa shape index (κ3) is 4.50. The molecule has 0 aromatic carbocycles. The third-order valence-electron chi connectivity index (χ3n) is 3.18. The summed E-state index contributed by atoms with van der Waals surface area (Å²) in [6.07, 6.45) is 3.93. The Morgan fingerprint density at radius 2 is 2.44 bits per heavy atom. The number of unbranched alkanes of at least 4 members (excludes halogenated alkanes) is 1. The van der Waals surface area contributed by atoms with Crippen molar-refractivity contribution in [1.82, 2.24) is 9.88 Å². The van der Waals surface area contributed by atoms with E-state index >= 15 is 0 Å². The Hall–Kier alpha value is -0.160. The Kier molecular flexibility index (Phi) is 5.89. The monoisotopic (exact) mass is 288 g/mol. The summed E-state index contributed by atoms with van der Waals surface area (Å²) < 4.78 is 5.54. The summed E-state index contributed by atoms with van der Waals surface area (Å²) >= 11 is 7.47. The molecule has 1 aromatic rings. The van der Waals surface area contributed by atoms with Crippen molar-refractivity contribution < 1.29 is 4.74 Å². The summed E-state index contributed by atoms with van der Waals surface area (Å²) in [6, 6.07) is 0. The molecule has 2 heterocycles. The normalized spacial score (nSPS) is 21.3. The van der Waals surface area contributed by atoms with Gasteiger partial charge in [0.15, 0.2) is 0 Å². The largest absolute Gasteiger partial charge is 0.376 e. The highest BCUT2D eigenvalue weighted by Crippen LogP contribution is 2.14. The molecule has 1 fully saturated rings. The van der Waals surface area contributed by atoms with Crippen LogP contribution in [0.3, 0.4) is 0 Å². The van der Waals surface area contributed by atoms with Crippen molar-refractivity contribution >= 4 is 22.9 Å². The van der Waals surface area contributed by atoms with Crippen molar-refractivity contribution in [2.75, 3.05) is 26.2 Å². The lowest BCUT2D eigenvalue weighted by Gasteiger charge is -2.30. The number of hydrogen-bond donors (Lipinski definition) is 0. The van der Waals surface area contributed by atoms with Crippen LogP contribution < -0.4 is 0 Å². The molecule has 5 heteroatoms. The predicted molar refractivity (Wildman–Crippen MR) is 76.5 cm³/mol. The molecule has 1 atom stereocenters. The highest BCUT2D eigenvalue weighted by atomic mass is 35.5.